The first-order chi connectivity index (χ1) is 9.83. The van der Waals surface area contributed by atoms with Crippen molar-refractivity contribution in [3.63, 3.8) is 0 Å². The predicted octanol–water partition coefficient (Wildman–Crippen LogP) is 2.37. The van der Waals surface area contributed by atoms with Crippen LogP contribution in [0.4, 0.5) is 0 Å². The molecule has 1 N–H and O–H groups in total. The van der Waals surface area contributed by atoms with Gasteiger partial charge in [-0.15, -0.1) is 0 Å². The summed E-state index contributed by atoms with van der Waals surface area (Å²) in [6, 6.07) is 5.78. The van der Waals surface area contributed by atoms with Crippen LogP contribution in [-0.2, 0) is 0 Å². The molecule has 0 spiro atoms. The number of nitrogens with zero attached hydrogens (tertiary/aromatic N) is 1. The van der Waals surface area contributed by atoms with E-state index in [0.717, 1.165) is 36.6 Å². The molecule has 0 aromatic heterocycles. The zero-order valence-corrected chi connectivity index (χ0v) is 11.9. The van der Waals surface area contributed by atoms with Gasteiger partial charge in [0.2, 0.25) is 0 Å². The molecular formula is C16H23NO3. The van der Waals surface area contributed by atoms with Crippen molar-refractivity contribution in [2.24, 2.45) is 0 Å². The number of ether oxygens (including phenoxy) is 2. The number of benzene rings is 1. The Morgan fingerprint density at radius 1 is 1.00 bits per heavy atom. The summed E-state index contributed by atoms with van der Waals surface area (Å²) in [6.07, 6.45) is 4.25. The number of hydrogen-bond donors (Lipinski definition) is 1. The number of rotatable bonds is 3. The van der Waals surface area contributed by atoms with E-state index in [1.807, 2.05) is 18.2 Å². The summed E-state index contributed by atoms with van der Waals surface area (Å²) in [5, 5.41) is 10.4. The quantitative estimate of drug-likeness (QED) is 0.921. The van der Waals surface area contributed by atoms with Crippen molar-refractivity contribution in [1.82, 2.24) is 4.90 Å². The van der Waals surface area contributed by atoms with Gasteiger partial charge in [-0.1, -0.05) is 12.5 Å². The van der Waals surface area contributed by atoms with Crippen molar-refractivity contribution in [1.29, 1.82) is 0 Å². The van der Waals surface area contributed by atoms with Crippen LogP contribution in [0.5, 0.6) is 11.5 Å². The molecule has 110 valence electrons. The van der Waals surface area contributed by atoms with E-state index >= 15 is 0 Å². The molecule has 4 heteroatoms. The van der Waals surface area contributed by atoms with Crippen molar-refractivity contribution in [2.75, 3.05) is 32.8 Å². The van der Waals surface area contributed by atoms with Crippen molar-refractivity contribution < 1.29 is 14.6 Å². The van der Waals surface area contributed by atoms with Crippen LogP contribution < -0.4 is 9.47 Å². The van der Waals surface area contributed by atoms with E-state index in [4.69, 9.17) is 9.47 Å². The molecule has 0 saturated carbocycles. The van der Waals surface area contributed by atoms with Gasteiger partial charge in [0.25, 0.3) is 0 Å². The van der Waals surface area contributed by atoms with Crippen LogP contribution in [0, 0.1) is 0 Å². The first kappa shape index (κ1) is 13.7. The van der Waals surface area contributed by atoms with E-state index in [-0.39, 0.29) is 0 Å². The highest BCUT2D eigenvalue weighted by atomic mass is 16.5. The number of β-amino-alcohol motifs (C(OH)–C–C–N with tert-alkyl or cyclic N) is 1. The number of aliphatic hydroxyl groups excluding tert-OH is 1. The van der Waals surface area contributed by atoms with E-state index < -0.39 is 6.10 Å². The molecule has 2 aliphatic heterocycles. The number of aliphatic hydroxyl groups is 1. The fourth-order valence-corrected chi connectivity index (χ4v) is 2.88. The number of piperidine rings is 1. The molecule has 0 radical (unpaired) electrons. The minimum absolute atomic E-state index is 0.453. The third-order valence-electron chi connectivity index (χ3n) is 4.04. The maximum absolute atomic E-state index is 10.4. The normalized spacial score (nSPS) is 21.2. The summed E-state index contributed by atoms with van der Waals surface area (Å²) in [7, 11) is 0. The lowest BCUT2D eigenvalue weighted by atomic mass is 10.1. The van der Waals surface area contributed by atoms with Crippen molar-refractivity contribution in [2.45, 2.75) is 31.8 Å². The maximum Gasteiger partial charge on any atom is 0.161 e. The zero-order chi connectivity index (χ0) is 13.8. The molecule has 3 rings (SSSR count). The molecular weight excluding hydrogens is 254 g/mol. The van der Waals surface area contributed by atoms with E-state index in [2.05, 4.69) is 4.90 Å². The topological polar surface area (TPSA) is 41.9 Å². The van der Waals surface area contributed by atoms with Gasteiger partial charge in [0.05, 0.1) is 19.3 Å². The second kappa shape index (κ2) is 6.46. The molecule has 1 fully saturated rings. The van der Waals surface area contributed by atoms with Crippen LogP contribution >= 0.6 is 0 Å². The summed E-state index contributed by atoms with van der Waals surface area (Å²) >= 11 is 0. The molecule has 1 aromatic carbocycles. The van der Waals surface area contributed by atoms with E-state index in [0.29, 0.717) is 19.8 Å². The smallest absolute Gasteiger partial charge is 0.161 e. The first-order valence-electron chi connectivity index (χ1n) is 7.63. The monoisotopic (exact) mass is 277 g/mol. The van der Waals surface area contributed by atoms with Crippen molar-refractivity contribution in [3.05, 3.63) is 23.8 Å². The standard InChI is InChI=1S/C16H23NO3/c18-14(12-17-7-2-1-3-8-17)13-5-6-15-16(11-13)20-10-4-9-19-15/h5-6,11,14,18H,1-4,7-10,12H2/t14-/m1/s1. The van der Waals surface area contributed by atoms with Gasteiger partial charge in [-0.05, 0) is 43.6 Å². The summed E-state index contributed by atoms with van der Waals surface area (Å²) in [5.41, 5.74) is 0.917. The first-order valence-corrected chi connectivity index (χ1v) is 7.63. The Morgan fingerprint density at radius 3 is 2.55 bits per heavy atom. The van der Waals surface area contributed by atoms with E-state index in [1.54, 1.807) is 0 Å². The molecule has 1 atom stereocenters. The molecule has 4 nitrogen and oxygen atoms in total. The molecule has 0 bridgehead atoms. The van der Waals surface area contributed by atoms with Gasteiger partial charge in [-0.25, -0.2) is 0 Å². The summed E-state index contributed by atoms with van der Waals surface area (Å²) in [4.78, 5) is 2.34. The molecule has 1 aromatic rings. The lowest BCUT2D eigenvalue weighted by Gasteiger charge is -2.28. The van der Waals surface area contributed by atoms with Crippen LogP contribution in [0.25, 0.3) is 0 Å². The average molecular weight is 277 g/mol. The van der Waals surface area contributed by atoms with Crippen LogP contribution in [0.15, 0.2) is 18.2 Å². The number of fused-ring (bicyclic) bond motifs is 1. The fraction of sp³-hybridized carbons (Fsp3) is 0.625. The molecule has 20 heavy (non-hydrogen) atoms. The molecule has 2 heterocycles. The second-order valence-electron chi connectivity index (χ2n) is 5.63. The van der Waals surface area contributed by atoms with Crippen LogP contribution in [0.3, 0.4) is 0 Å². The SMILES string of the molecule is O[C@H](CN1CCCCC1)c1ccc2c(c1)OCCCO2. The van der Waals surface area contributed by atoms with Crippen LogP contribution in [-0.4, -0.2) is 42.9 Å². The van der Waals surface area contributed by atoms with Gasteiger partial charge in [-0.2, -0.15) is 0 Å². The number of likely N-dealkylation sites (tertiary alicyclic amines) is 1. The van der Waals surface area contributed by atoms with E-state index in [1.165, 1.54) is 19.3 Å². The third kappa shape index (κ3) is 3.25. The lowest BCUT2D eigenvalue weighted by molar-refractivity contribution is 0.101. The number of hydrogen-bond acceptors (Lipinski definition) is 4. The largest absolute Gasteiger partial charge is 0.490 e. The Balaban J connectivity index is 1.67. The van der Waals surface area contributed by atoms with Crippen molar-refractivity contribution >= 4 is 0 Å². The maximum atomic E-state index is 10.4. The Kier molecular flexibility index (Phi) is 4.43. The Hall–Kier alpha value is -1.26. The van der Waals surface area contributed by atoms with Gasteiger partial charge in [-0.3, -0.25) is 0 Å². The Bertz CT molecular complexity index is 443. The highest BCUT2D eigenvalue weighted by molar-refractivity contribution is 5.44. The molecule has 0 amide bonds. The minimum atomic E-state index is -0.453. The van der Waals surface area contributed by atoms with Crippen LogP contribution in [0.1, 0.15) is 37.4 Å². The minimum Gasteiger partial charge on any atom is -0.490 e. The van der Waals surface area contributed by atoms with Gasteiger partial charge in [0, 0.05) is 13.0 Å². The summed E-state index contributed by atoms with van der Waals surface area (Å²) in [6.45, 7) is 4.28. The average Bonchev–Trinajstić information content (AvgIpc) is 2.72. The molecule has 0 aliphatic carbocycles. The van der Waals surface area contributed by atoms with Gasteiger partial charge < -0.3 is 19.5 Å². The van der Waals surface area contributed by atoms with Gasteiger partial charge in [0.15, 0.2) is 11.5 Å². The van der Waals surface area contributed by atoms with Crippen molar-refractivity contribution in [3.8, 4) is 11.5 Å². The van der Waals surface area contributed by atoms with E-state index in [9.17, 15) is 5.11 Å². The lowest BCUT2D eigenvalue weighted by Crippen LogP contribution is -2.33. The highest BCUT2D eigenvalue weighted by Crippen LogP contribution is 2.32. The summed E-state index contributed by atoms with van der Waals surface area (Å²) in [5.74, 6) is 1.55. The molecule has 1 saturated heterocycles. The Labute approximate surface area is 120 Å². The third-order valence-corrected chi connectivity index (χ3v) is 4.04. The highest BCUT2D eigenvalue weighted by Gasteiger charge is 2.18. The summed E-state index contributed by atoms with van der Waals surface area (Å²) < 4.78 is 11.3. The zero-order valence-electron chi connectivity index (χ0n) is 11.9. The van der Waals surface area contributed by atoms with Crippen LogP contribution in [0.2, 0.25) is 0 Å². The Morgan fingerprint density at radius 2 is 1.75 bits per heavy atom. The molecule has 2 aliphatic rings. The van der Waals surface area contributed by atoms with Gasteiger partial charge >= 0.3 is 0 Å². The fourth-order valence-electron chi connectivity index (χ4n) is 2.88. The molecule has 0 unspecified atom stereocenters. The second-order valence-corrected chi connectivity index (χ2v) is 5.63. The predicted molar refractivity (Wildman–Crippen MR) is 77.3 cm³/mol. The van der Waals surface area contributed by atoms with Gasteiger partial charge in [0.1, 0.15) is 0 Å².